The van der Waals surface area contributed by atoms with E-state index in [4.69, 9.17) is 20.8 Å². The van der Waals surface area contributed by atoms with E-state index in [9.17, 15) is 14.7 Å². The summed E-state index contributed by atoms with van der Waals surface area (Å²) in [7, 11) is 1.55. The number of rotatable bonds is 7. The molecule has 31 heavy (non-hydrogen) atoms. The van der Waals surface area contributed by atoms with Crippen molar-refractivity contribution >= 4 is 34.3 Å². The van der Waals surface area contributed by atoms with Crippen LogP contribution in [0.2, 0.25) is 5.02 Å². The third kappa shape index (κ3) is 3.79. The molecule has 1 aromatic heterocycles. The summed E-state index contributed by atoms with van der Waals surface area (Å²) in [6.07, 6.45) is 1.60. The maximum absolute atomic E-state index is 13.5. The van der Waals surface area contributed by atoms with Crippen LogP contribution in [0.4, 0.5) is 0 Å². The van der Waals surface area contributed by atoms with Gasteiger partial charge < -0.3 is 19.2 Å². The Morgan fingerprint density at radius 3 is 2.77 bits per heavy atom. The van der Waals surface area contributed by atoms with Crippen molar-refractivity contribution in [2.45, 2.75) is 25.8 Å². The van der Waals surface area contributed by atoms with E-state index in [-0.39, 0.29) is 11.3 Å². The van der Waals surface area contributed by atoms with Gasteiger partial charge in [0.2, 0.25) is 5.78 Å². The normalized spacial score (nSPS) is 16.4. The lowest BCUT2D eigenvalue weighted by atomic mass is 9.94. The second-order valence-corrected chi connectivity index (χ2v) is 7.85. The zero-order chi connectivity index (χ0) is 22.1. The molecule has 0 radical (unpaired) electrons. The maximum Gasteiger partial charge on any atom is 0.290 e. The van der Waals surface area contributed by atoms with Crippen LogP contribution in [0, 0.1) is 0 Å². The number of hydrogen-bond acceptors (Lipinski definition) is 5. The lowest BCUT2D eigenvalue weighted by Crippen LogP contribution is -2.32. The number of halogens is 1. The SMILES string of the molecule is CCCCN1C(=O)C(O)=C(C(=O)c2cc3cc(Cl)ccc3o2)C1c1cccc(OC)c1. The number of benzene rings is 2. The summed E-state index contributed by atoms with van der Waals surface area (Å²) in [4.78, 5) is 27.9. The largest absolute Gasteiger partial charge is 0.503 e. The Hall–Kier alpha value is -3.25. The van der Waals surface area contributed by atoms with Gasteiger partial charge in [-0.15, -0.1) is 0 Å². The molecule has 0 aliphatic carbocycles. The molecule has 2 aromatic carbocycles. The number of carbonyl (C=O) groups is 2. The zero-order valence-electron chi connectivity index (χ0n) is 17.2. The van der Waals surface area contributed by atoms with Crippen LogP contribution in [0.15, 0.2) is 64.3 Å². The summed E-state index contributed by atoms with van der Waals surface area (Å²) < 4.78 is 11.0. The number of fused-ring (bicyclic) bond motifs is 1. The van der Waals surface area contributed by atoms with Gasteiger partial charge in [-0.3, -0.25) is 9.59 Å². The Bertz CT molecular complexity index is 1200. The highest BCUT2D eigenvalue weighted by molar-refractivity contribution is 6.31. The van der Waals surface area contributed by atoms with Crippen molar-refractivity contribution in [3.05, 3.63) is 76.2 Å². The molecule has 0 bridgehead atoms. The van der Waals surface area contributed by atoms with Crippen molar-refractivity contribution in [2.75, 3.05) is 13.7 Å². The second-order valence-electron chi connectivity index (χ2n) is 7.42. The minimum absolute atomic E-state index is 0.000454. The zero-order valence-corrected chi connectivity index (χ0v) is 18.0. The van der Waals surface area contributed by atoms with Crippen LogP contribution in [0.25, 0.3) is 11.0 Å². The van der Waals surface area contributed by atoms with E-state index in [1.807, 2.05) is 13.0 Å². The first-order valence-corrected chi connectivity index (χ1v) is 10.4. The van der Waals surface area contributed by atoms with E-state index in [0.717, 1.165) is 12.8 Å². The number of amides is 1. The molecular weight excluding hydrogens is 418 g/mol. The van der Waals surface area contributed by atoms with Gasteiger partial charge in [0, 0.05) is 17.0 Å². The number of carbonyl (C=O) groups excluding carboxylic acids is 2. The first kappa shape index (κ1) is 21.0. The number of ketones is 1. The molecule has 0 saturated heterocycles. The average Bonchev–Trinajstić information content (AvgIpc) is 3.30. The minimum atomic E-state index is -0.738. The molecule has 0 spiro atoms. The molecule has 7 heteroatoms. The molecule has 1 aliphatic heterocycles. The van der Waals surface area contributed by atoms with Crippen molar-refractivity contribution in [2.24, 2.45) is 0 Å². The summed E-state index contributed by atoms with van der Waals surface area (Å²) in [6.45, 7) is 2.42. The maximum atomic E-state index is 13.5. The van der Waals surface area contributed by atoms with Crippen LogP contribution in [-0.2, 0) is 4.79 Å². The van der Waals surface area contributed by atoms with Gasteiger partial charge in [0.25, 0.3) is 5.91 Å². The second kappa shape index (κ2) is 8.47. The van der Waals surface area contributed by atoms with Gasteiger partial charge in [0.05, 0.1) is 18.7 Å². The van der Waals surface area contributed by atoms with Crippen LogP contribution in [0.1, 0.15) is 41.9 Å². The Kier molecular flexibility index (Phi) is 5.74. The number of ether oxygens (including phenoxy) is 1. The van der Waals surface area contributed by atoms with Gasteiger partial charge in [-0.2, -0.15) is 0 Å². The topological polar surface area (TPSA) is 80.0 Å². The number of hydrogen-bond donors (Lipinski definition) is 1. The van der Waals surface area contributed by atoms with Gasteiger partial charge >= 0.3 is 0 Å². The Balaban J connectivity index is 1.81. The quantitative estimate of drug-likeness (QED) is 0.493. The van der Waals surface area contributed by atoms with E-state index in [1.54, 1.807) is 49.6 Å². The van der Waals surface area contributed by atoms with Gasteiger partial charge in [-0.25, -0.2) is 0 Å². The predicted octanol–water partition coefficient (Wildman–Crippen LogP) is 5.47. The highest BCUT2D eigenvalue weighted by atomic mass is 35.5. The van der Waals surface area contributed by atoms with Crippen molar-refractivity contribution in [1.29, 1.82) is 0 Å². The molecular formula is C24H22ClNO5. The van der Waals surface area contributed by atoms with Crippen LogP contribution >= 0.6 is 11.6 Å². The molecule has 6 nitrogen and oxygen atoms in total. The summed E-state index contributed by atoms with van der Waals surface area (Å²) in [5.74, 6) is -1.02. The smallest absolute Gasteiger partial charge is 0.290 e. The first-order chi connectivity index (χ1) is 14.9. The molecule has 160 valence electrons. The van der Waals surface area contributed by atoms with Crippen LogP contribution in [-0.4, -0.2) is 35.4 Å². The molecule has 1 unspecified atom stereocenters. The van der Waals surface area contributed by atoms with Crippen molar-refractivity contribution in [1.82, 2.24) is 4.90 Å². The highest BCUT2D eigenvalue weighted by Gasteiger charge is 2.44. The van der Waals surface area contributed by atoms with E-state index < -0.39 is 23.5 Å². The van der Waals surface area contributed by atoms with Crippen LogP contribution in [0.5, 0.6) is 5.75 Å². The third-order valence-electron chi connectivity index (χ3n) is 5.41. The summed E-state index contributed by atoms with van der Waals surface area (Å²) in [5.41, 5.74) is 1.17. The van der Waals surface area contributed by atoms with Gasteiger partial charge in [-0.05, 0) is 48.4 Å². The van der Waals surface area contributed by atoms with E-state index in [0.29, 0.717) is 33.8 Å². The number of methoxy groups -OCH3 is 1. The molecule has 4 rings (SSSR count). The van der Waals surface area contributed by atoms with E-state index in [2.05, 4.69) is 0 Å². The average molecular weight is 440 g/mol. The monoisotopic (exact) mass is 439 g/mol. The summed E-state index contributed by atoms with van der Waals surface area (Å²) >= 11 is 6.04. The van der Waals surface area contributed by atoms with Crippen molar-refractivity contribution < 1.29 is 23.8 Å². The lowest BCUT2D eigenvalue weighted by Gasteiger charge is -2.26. The van der Waals surface area contributed by atoms with Gasteiger partial charge in [0.15, 0.2) is 11.5 Å². The predicted molar refractivity (Wildman–Crippen MR) is 118 cm³/mol. The van der Waals surface area contributed by atoms with Crippen LogP contribution in [0.3, 0.4) is 0 Å². The number of aliphatic hydroxyl groups excluding tert-OH is 1. The molecule has 2 heterocycles. The Labute approximate surface area is 184 Å². The van der Waals surface area contributed by atoms with E-state index >= 15 is 0 Å². The Morgan fingerprint density at radius 2 is 2.03 bits per heavy atom. The summed E-state index contributed by atoms with van der Waals surface area (Å²) in [6, 6.07) is 13.0. The molecule has 1 N–H and O–H groups in total. The number of aliphatic hydroxyl groups is 1. The third-order valence-corrected chi connectivity index (χ3v) is 5.65. The number of unbranched alkanes of at least 4 members (excludes halogenated alkanes) is 1. The molecule has 1 atom stereocenters. The summed E-state index contributed by atoms with van der Waals surface area (Å²) in [5, 5.41) is 11.9. The van der Waals surface area contributed by atoms with Crippen molar-refractivity contribution in [3.8, 4) is 5.75 Å². The molecule has 0 saturated carbocycles. The molecule has 3 aromatic rings. The molecule has 1 aliphatic rings. The molecule has 1 amide bonds. The van der Waals surface area contributed by atoms with Gasteiger partial charge in [-0.1, -0.05) is 37.1 Å². The standard InChI is InChI=1S/C24H22ClNO5/c1-3-4-10-26-21(14-6-5-7-17(12-14)30-2)20(23(28)24(26)29)22(27)19-13-15-11-16(25)8-9-18(15)31-19/h5-9,11-13,21,28H,3-4,10H2,1-2H3. The number of nitrogens with zero attached hydrogens (tertiary/aromatic N) is 1. The minimum Gasteiger partial charge on any atom is -0.503 e. The Morgan fingerprint density at radius 1 is 1.23 bits per heavy atom. The van der Waals surface area contributed by atoms with Crippen molar-refractivity contribution in [3.63, 3.8) is 0 Å². The molecule has 0 fully saturated rings. The fourth-order valence-corrected chi connectivity index (χ4v) is 4.04. The fourth-order valence-electron chi connectivity index (χ4n) is 3.86. The van der Waals surface area contributed by atoms with E-state index in [1.165, 1.54) is 4.90 Å². The van der Waals surface area contributed by atoms with Crippen LogP contribution < -0.4 is 4.74 Å². The number of furan rings is 1. The number of Topliss-reactive ketones (excluding diaryl/α,β-unsaturated/α-hetero) is 1. The lowest BCUT2D eigenvalue weighted by molar-refractivity contribution is -0.129. The first-order valence-electron chi connectivity index (χ1n) is 10.1. The van der Waals surface area contributed by atoms with Gasteiger partial charge in [0.1, 0.15) is 11.3 Å². The fraction of sp³-hybridized carbons (Fsp3) is 0.250. The highest BCUT2D eigenvalue weighted by Crippen LogP contribution is 2.40.